The third-order valence-corrected chi connectivity index (χ3v) is 7.66. The molecule has 1 aliphatic carbocycles. The van der Waals surface area contributed by atoms with Gasteiger partial charge in [-0.1, -0.05) is 42.5 Å². The molecule has 0 amide bonds. The van der Waals surface area contributed by atoms with E-state index < -0.39 is 29.2 Å². The van der Waals surface area contributed by atoms with Crippen LogP contribution < -0.4 is 10.2 Å². The number of hydrogen-bond acceptors (Lipinski definition) is 4. The summed E-state index contributed by atoms with van der Waals surface area (Å²) in [5, 5.41) is 26.1. The number of alkyl halides is 3. The van der Waals surface area contributed by atoms with Gasteiger partial charge in [-0.05, 0) is 66.3 Å². The van der Waals surface area contributed by atoms with Crippen molar-refractivity contribution in [3.05, 3.63) is 77.4 Å². The summed E-state index contributed by atoms with van der Waals surface area (Å²) in [5.41, 5.74) is -1.12. The summed E-state index contributed by atoms with van der Waals surface area (Å²) in [4.78, 5) is 13.2. The Morgan fingerprint density at radius 3 is 2.56 bits per heavy atom. The Hall–Kier alpha value is -3.10. The van der Waals surface area contributed by atoms with Crippen molar-refractivity contribution >= 4 is 22.4 Å². The normalized spacial score (nSPS) is 25.1. The van der Waals surface area contributed by atoms with E-state index in [-0.39, 0.29) is 30.5 Å². The first-order valence-corrected chi connectivity index (χ1v) is 12.2. The Morgan fingerprint density at radius 2 is 1.83 bits per heavy atom. The maximum Gasteiger partial charge on any atom is 0.416 e. The molecule has 2 fully saturated rings. The first-order valence-electron chi connectivity index (χ1n) is 12.2. The Morgan fingerprint density at radius 1 is 1.11 bits per heavy atom. The molecule has 0 bridgehead atoms. The van der Waals surface area contributed by atoms with Gasteiger partial charge in [-0.3, -0.25) is 4.79 Å². The molecule has 8 heteroatoms. The van der Waals surface area contributed by atoms with Crippen molar-refractivity contribution in [1.82, 2.24) is 5.32 Å². The van der Waals surface area contributed by atoms with Crippen molar-refractivity contribution in [3.8, 4) is 0 Å². The first kappa shape index (κ1) is 24.6. The number of carbonyl (C=O) groups is 1. The van der Waals surface area contributed by atoms with Gasteiger partial charge in [-0.25, -0.2) is 0 Å². The molecular weight excluding hydrogens is 469 g/mol. The maximum atomic E-state index is 13.7. The van der Waals surface area contributed by atoms with Gasteiger partial charge in [0.25, 0.3) is 0 Å². The number of rotatable bonds is 6. The van der Waals surface area contributed by atoms with Crippen LogP contribution in [0.2, 0.25) is 0 Å². The van der Waals surface area contributed by atoms with Crippen molar-refractivity contribution in [2.45, 2.75) is 50.0 Å². The third-order valence-electron chi connectivity index (χ3n) is 7.66. The number of carboxylic acids is 1. The fourth-order valence-corrected chi connectivity index (χ4v) is 5.71. The number of fused-ring (bicyclic) bond motifs is 1. The Balaban J connectivity index is 1.34. The number of nitrogens with zero attached hydrogens (tertiary/aromatic N) is 1. The van der Waals surface area contributed by atoms with Crippen LogP contribution >= 0.6 is 0 Å². The quantitative estimate of drug-likeness (QED) is 0.420. The summed E-state index contributed by atoms with van der Waals surface area (Å²) >= 11 is 0. The van der Waals surface area contributed by atoms with Crippen LogP contribution in [0.25, 0.3) is 10.8 Å². The summed E-state index contributed by atoms with van der Waals surface area (Å²) in [6, 6.07) is 18.5. The molecule has 0 radical (unpaired) electrons. The van der Waals surface area contributed by atoms with Gasteiger partial charge in [0.1, 0.15) is 0 Å². The zero-order chi connectivity index (χ0) is 25.7. The van der Waals surface area contributed by atoms with Crippen molar-refractivity contribution in [3.63, 3.8) is 0 Å². The van der Waals surface area contributed by atoms with Crippen LogP contribution in [0.3, 0.4) is 0 Å². The highest BCUT2D eigenvalue weighted by Gasteiger charge is 2.51. The summed E-state index contributed by atoms with van der Waals surface area (Å²) in [6.45, 7) is 3.41. The molecule has 2 aliphatic rings. The lowest BCUT2D eigenvalue weighted by Crippen LogP contribution is -2.45. The van der Waals surface area contributed by atoms with E-state index in [1.54, 1.807) is 0 Å². The fraction of sp³-hybridized carbons (Fsp3) is 0.393. The standard InChI is InChI=1S/C28H29F3N2O3/c1-17(22-8-4-6-18-5-2-3-7-23(18)22)32-20-11-12-33(16-20)21-9-10-24(28(29,30)31)25(13-21)27(36)14-19(15-27)26(34)35/h2-10,13,17,19-20,32,36H,11-12,14-16H2,1H3,(H,34,35)/t17?,19?,20-,27?/m0/s1. The number of anilines is 1. The van der Waals surface area contributed by atoms with Gasteiger partial charge < -0.3 is 20.4 Å². The molecule has 1 heterocycles. The summed E-state index contributed by atoms with van der Waals surface area (Å²) in [5.74, 6) is -1.94. The number of halogens is 3. The molecule has 1 saturated heterocycles. The van der Waals surface area contributed by atoms with Gasteiger partial charge >= 0.3 is 12.1 Å². The Labute approximate surface area is 207 Å². The van der Waals surface area contributed by atoms with E-state index in [1.807, 2.05) is 23.1 Å². The number of aliphatic hydroxyl groups is 1. The summed E-state index contributed by atoms with van der Waals surface area (Å²) in [7, 11) is 0. The van der Waals surface area contributed by atoms with Crippen LogP contribution in [0, 0.1) is 5.92 Å². The van der Waals surface area contributed by atoms with Crippen molar-refractivity contribution in [2.75, 3.05) is 18.0 Å². The SMILES string of the molecule is CC(N[C@H]1CCN(c2ccc(C(F)(F)F)c(C3(O)CC(C(=O)O)C3)c2)C1)c1cccc2ccccc12. The molecule has 3 aromatic rings. The lowest BCUT2D eigenvalue weighted by Gasteiger charge is -2.43. The molecule has 0 spiro atoms. The Bertz CT molecular complexity index is 1280. The van der Waals surface area contributed by atoms with E-state index in [0.717, 1.165) is 12.5 Å². The molecule has 5 rings (SSSR count). The van der Waals surface area contributed by atoms with Gasteiger partial charge in [0, 0.05) is 30.9 Å². The van der Waals surface area contributed by atoms with E-state index in [9.17, 15) is 23.1 Å². The molecular formula is C28H29F3N2O3. The smallest absolute Gasteiger partial charge is 0.416 e. The highest BCUT2D eigenvalue weighted by atomic mass is 19.4. The topological polar surface area (TPSA) is 72.8 Å². The monoisotopic (exact) mass is 498 g/mol. The molecule has 3 N–H and O–H groups in total. The summed E-state index contributed by atoms with van der Waals surface area (Å²) < 4.78 is 41.2. The van der Waals surface area contributed by atoms with E-state index in [0.29, 0.717) is 18.8 Å². The highest BCUT2D eigenvalue weighted by molar-refractivity contribution is 5.86. The third kappa shape index (κ3) is 4.55. The molecule has 0 aromatic heterocycles. The number of carboxylic acid groups (broad SMARTS) is 1. The minimum atomic E-state index is -4.64. The average Bonchev–Trinajstić information content (AvgIpc) is 3.29. The molecule has 5 nitrogen and oxygen atoms in total. The zero-order valence-electron chi connectivity index (χ0n) is 19.9. The molecule has 3 aromatic carbocycles. The second-order valence-electron chi connectivity index (χ2n) is 10.1. The largest absolute Gasteiger partial charge is 0.481 e. The van der Waals surface area contributed by atoms with Gasteiger partial charge in [-0.15, -0.1) is 0 Å². The first-order chi connectivity index (χ1) is 17.0. The summed E-state index contributed by atoms with van der Waals surface area (Å²) in [6.07, 6.45) is -4.25. The van der Waals surface area contributed by atoms with E-state index in [1.165, 1.54) is 28.5 Å². The second kappa shape index (κ2) is 9.09. The number of benzene rings is 3. The van der Waals surface area contributed by atoms with Crippen LogP contribution in [0.4, 0.5) is 18.9 Å². The highest BCUT2D eigenvalue weighted by Crippen LogP contribution is 2.50. The van der Waals surface area contributed by atoms with Gasteiger partial charge in [0.05, 0.1) is 17.1 Å². The molecule has 36 heavy (non-hydrogen) atoms. The fourth-order valence-electron chi connectivity index (χ4n) is 5.71. The predicted molar refractivity (Wildman–Crippen MR) is 132 cm³/mol. The minimum absolute atomic E-state index is 0.0906. The Kier molecular flexibility index (Phi) is 6.21. The maximum absolute atomic E-state index is 13.7. The number of hydrogen-bond donors (Lipinski definition) is 3. The molecule has 1 aliphatic heterocycles. The lowest BCUT2D eigenvalue weighted by molar-refractivity contribution is -0.162. The molecule has 190 valence electrons. The van der Waals surface area contributed by atoms with E-state index in [4.69, 9.17) is 5.11 Å². The zero-order valence-corrected chi connectivity index (χ0v) is 19.9. The van der Waals surface area contributed by atoms with E-state index >= 15 is 0 Å². The van der Waals surface area contributed by atoms with Crippen LogP contribution in [-0.2, 0) is 16.6 Å². The van der Waals surface area contributed by atoms with Gasteiger partial charge in [0.2, 0.25) is 0 Å². The van der Waals surface area contributed by atoms with Gasteiger partial charge in [0.15, 0.2) is 0 Å². The van der Waals surface area contributed by atoms with Crippen LogP contribution in [-0.4, -0.2) is 35.3 Å². The minimum Gasteiger partial charge on any atom is -0.481 e. The van der Waals surface area contributed by atoms with Gasteiger partial charge in [-0.2, -0.15) is 13.2 Å². The molecule has 1 saturated carbocycles. The van der Waals surface area contributed by atoms with E-state index in [2.05, 4.69) is 36.5 Å². The van der Waals surface area contributed by atoms with Crippen LogP contribution in [0.1, 0.15) is 48.9 Å². The molecule has 2 atom stereocenters. The average molecular weight is 499 g/mol. The molecule has 1 unspecified atom stereocenters. The van der Waals surface area contributed by atoms with Crippen molar-refractivity contribution < 1.29 is 28.2 Å². The van der Waals surface area contributed by atoms with Crippen LogP contribution in [0.15, 0.2) is 60.7 Å². The van der Waals surface area contributed by atoms with Crippen molar-refractivity contribution in [2.24, 2.45) is 5.92 Å². The van der Waals surface area contributed by atoms with Crippen molar-refractivity contribution in [1.29, 1.82) is 0 Å². The number of aliphatic carboxylic acids is 1. The lowest BCUT2D eigenvalue weighted by atomic mass is 9.66. The second-order valence-corrected chi connectivity index (χ2v) is 10.1. The number of nitrogens with one attached hydrogen (secondary N) is 1. The predicted octanol–water partition coefficient (Wildman–Crippen LogP) is 5.47. The van der Waals surface area contributed by atoms with Crippen LogP contribution in [0.5, 0.6) is 0 Å².